The van der Waals surface area contributed by atoms with Crippen LogP contribution in [0.15, 0.2) is 65.6 Å². The number of amides is 1. The Labute approximate surface area is 179 Å². The zero-order valence-electron chi connectivity index (χ0n) is 17.4. The van der Waals surface area contributed by atoms with E-state index in [2.05, 4.69) is 29.2 Å². The predicted molar refractivity (Wildman–Crippen MR) is 116 cm³/mol. The van der Waals surface area contributed by atoms with Gasteiger partial charge in [-0.05, 0) is 37.1 Å². The quantitative estimate of drug-likeness (QED) is 0.711. The first-order valence-electron chi connectivity index (χ1n) is 10.4. The minimum Gasteiger partial charge on any atom is -0.341 e. The SMILES string of the molecule is CN(CC(=O)N1CCC2(CCN(Cc3ccccc3)C2)C1)S(=O)(=O)c1ccccc1. The van der Waals surface area contributed by atoms with Gasteiger partial charge in [-0.2, -0.15) is 4.31 Å². The molecule has 1 spiro atoms. The van der Waals surface area contributed by atoms with Crippen LogP contribution in [-0.2, 0) is 21.4 Å². The first-order valence-corrected chi connectivity index (χ1v) is 11.9. The first kappa shape index (κ1) is 21.0. The molecule has 1 amide bonds. The van der Waals surface area contributed by atoms with Crippen LogP contribution in [0.4, 0.5) is 0 Å². The fourth-order valence-electron chi connectivity index (χ4n) is 4.63. The van der Waals surface area contributed by atoms with Gasteiger partial charge in [0, 0.05) is 38.6 Å². The van der Waals surface area contributed by atoms with Crippen molar-refractivity contribution >= 4 is 15.9 Å². The van der Waals surface area contributed by atoms with Crippen molar-refractivity contribution in [2.75, 3.05) is 39.8 Å². The Morgan fingerprint density at radius 2 is 1.60 bits per heavy atom. The highest BCUT2D eigenvalue weighted by atomic mass is 32.2. The molecule has 1 unspecified atom stereocenters. The van der Waals surface area contributed by atoms with E-state index in [0.717, 1.165) is 43.3 Å². The Morgan fingerprint density at radius 1 is 0.967 bits per heavy atom. The van der Waals surface area contributed by atoms with Gasteiger partial charge in [-0.25, -0.2) is 8.42 Å². The van der Waals surface area contributed by atoms with Gasteiger partial charge in [0.2, 0.25) is 15.9 Å². The molecule has 6 nitrogen and oxygen atoms in total. The van der Waals surface area contributed by atoms with E-state index in [1.54, 1.807) is 30.3 Å². The summed E-state index contributed by atoms with van der Waals surface area (Å²) in [6.07, 6.45) is 2.07. The first-order chi connectivity index (χ1) is 14.4. The van der Waals surface area contributed by atoms with Gasteiger partial charge in [-0.1, -0.05) is 48.5 Å². The average molecular weight is 428 g/mol. The lowest BCUT2D eigenvalue weighted by molar-refractivity contribution is -0.130. The molecule has 2 saturated heterocycles. The molecular formula is C23H29N3O3S. The largest absolute Gasteiger partial charge is 0.341 e. The molecule has 2 aromatic carbocycles. The molecule has 2 aromatic rings. The predicted octanol–water partition coefficient (Wildman–Crippen LogP) is 2.43. The maximum atomic E-state index is 12.9. The van der Waals surface area contributed by atoms with Crippen LogP contribution in [0.5, 0.6) is 0 Å². The summed E-state index contributed by atoms with van der Waals surface area (Å²) in [6, 6.07) is 18.7. The van der Waals surface area contributed by atoms with E-state index < -0.39 is 10.0 Å². The summed E-state index contributed by atoms with van der Waals surface area (Å²) < 4.78 is 26.6. The maximum Gasteiger partial charge on any atom is 0.243 e. The van der Waals surface area contributed by atoms with Crippen LogP contribution in [0, 0.1) is 5.41 Å². The van der Waals surface area contributed by atoms with Crippen LogP contribution in [-0.4, -0.2) is 68.2 Å². The van der Waals surface area contributed by atoms with E-state index in [1.165, 1.54) is 12.6 Å². The zero-order valence-corrected chi connectivity index (χ0v) is 18.2. The van der Waals surface area contributed by atoms with Gasteiger partial charge in [-0.15, -0.1) is 0 Å². The molecule has 2 aliphatic heterocycles. The van der Waals surface area contributed by atoms with Gasteiger partial charge in [-0.3, -0.25) is 9.69 Å². The molecule has 0 aromatic heterocycles. The maximum absolute atomic E-state index is 12.9. The van der Waals surface area contributed by atoms with Gasteiger partial charge in [0.05, 0.1) is 11.4 Å². The Balaban J connectivity index is 1.34. The number of benzene rings is 2. The molecule has 1 atom stereocenters. The van der Waals surface area contributed by atoms with Crippen LogP contribution >= 0.6 is 0 Å². The minimum absolute atomic E-state index is 0.115. The van der Waals surface area contributed by atoms with Crippen LogP contribution in [0.3, 0.4) is 0 Å². The molecule has 2 heterocycles. The number of hydrogen-bond donors (Lipinski definition) is 0. The second-order valence-electron chi connectivity index (χ2n) is 8.59. The van der Waals surface area contributed by atoms with Gasteiger partial charge in [0.1, 0.15) is 0 Å². The molecule has 7 heteroatoms. The van der Waals surface area contributed by atoms with E-state index in [0.29, 0.717) is 6.54 Å². The lowest BCUT2D eigenvalue weighted by Crippen LogP contribution is -2.41. The number of carbonyl (C=O) groups excluding carboxylic acids is 1. The summed E-state index contributed by atoms with van der Waals surface area (Å²) in [7, 11) is -2.18. The number of rotatable bonds is 6. The lowest BCUT2D eigenvalue weighted by atomic mass is 9.86. The highest BCUT2D eigenvalue weighted by Gasteiger charge is 2.44. The monoisotopic (exact) mass is 427 g/mol. The molecular weight excluding hydrogens is 398 g/mol. The molecule has 160 valence electrons. The van der Waals surface area contributed by atoms with E-state index in [4.69, 9.17) is 0 Å². The minimum atomic E-state index is -3.66. The lowest BCUT2D eigenvalue weighted by Gasteiger charge is -2.26. The summed E-state index contributed by atoms with van der Waals surface area (Å²) >= 11 is 0. The topological polar surface area (TPSA) is 60.9 Å². The van der Waals surface area contributed by atoms with Crippen LogP contribution in [0.25, 0.3) is 0 Å². The van der Waals surface area contributed by atoms with Crippen molar-refractivity contribution in [2.24, 2.45) is 5.41 Å². The van der Waals surface area contributed by atoms with E-state index in [-0.39, 0.29) is 22.8 Å². The van der Waals surface area contributed by atoms with Gasteiger partial charge >= 0.3 is 0 Å². The molecule has 0 N–H and O–H groups in total. The Kier molecular flexibility index (Phi) is 5.95. The normalized spacial score (nSPS) is 22.3. The van der Waals surface area contributed by atoms with Gasteiger partial charge in [0.25, 0.3) is 0 Å². The van der Waals surface area contributed by atoms with Crippen LogP contribution in [0.2, 0.25) is 0 Å². The number of hydrogen-bond acceptors (Lipinski definition) is 4. The third-order valence-corrected chi connectivity index (χ3v) is 8.18. The molecule has 0 saturated carbocycles. The van der Waals surface area contributed by atoms with Crippen molar-refractivity contribution in [1.29, 1.82) is 0 Å². The van der Waals surface area contributed by atoms with Crippen LogP contribution < -0.4 is 0 Å². The molecule has 0 aliphatic carbocycles. The summed E-state index contributed by atoms with van der Waals surface area (Å²) in [5.74, 6) is -0.115. The summed E-state index contributed by atoms with van der Waals surface area (Å²) in [4.78, 5) is 17.4. The second kappa shape index (κ2) is 8.49. The highest BCUT2D eigenvalue weighted by molar-refractivity contribution is 7.89. The van der Waals surface area contributed by atoms with Crippen molar-refractivity contribution in [1.82, 2.24) is 14.1 Å². The number of sulfonamides is 1. The fourth-order valence-corrected chi connectivity index (χ4v) is 5.77. The van der Waals surface area contributed by atoms with E-state index in [9.17, 15) is 13.2 Å². The van der Waals surface area contributed by atoms with Crippen LogP contribution in [0.1, 0.15) is 18.4 Å². The van der Waals surface area contributed by atoms with Crippen molar-refractivity contribution in [3.8, 4) is 0 Å². The number of likely N-dealkylation sites (tertiary alicyclic amines) is 2. The third kappa shape index (κ3) is 4.43. The highest BCUT2D eigenvalue weighted by Crippen LogP contribution is 2.40. The Bertz CT molecular complexity index is 981. The van der Waals surface area contributed by atoms with Crippen molar-refractivity contribution in [3.63, 3.8) is 0 Å². The Hall–Kier alpha value is -2.22. The molecule has 30 heavy (non-hydrogen) atoms. The van der Waals surface area contributed by atoms with Crippen molar-refractivity contribution < 1.29 is 13.2 Å². The average Bonchev–Trinajstić information content (AvgIpc) is 3.36. The number of likely N-dealkylation sites (N-methyl/N-ethyl adjacent to an activating group) is 1. The third-order valence-electron chi connectivity index (χ3n) is 6.37. The molecule has 2 aliphatic rings. The van der Waals surface area contributed by atoms with Gasteiger partial charge < -0.3 is 4.90 Å². The molecule has 0 radical (unpaired) electrons. The van der Waals surface area contributed by atoms with E-state index >= 15 is 0 Å². The fraction of sp³-hybridized carbons (Fsp3) is 0.435. The molecule has 0 bridgehead atoms. The van der Waals surface area contributed by atoms with E-state index in [1.807, 2.05) is 11.0 Å². The summed E-state index contributed by atoms with van der Waals surface area (Å²) in [5, 5.41) is 0. The Morgan fingerprint density at radius 3 is 2.30 bits per heavy atom. The summed E-state index contributed by atoms with van der Waals surface area (Å²) in [6.45, 7) is 4.27. The van der Waals surface area contributed by atoms with Crippen molar-refractivity contribution in [3.05, 3.63) is 66.2 Å². The number of nitrogens with zero attached hydrogens (tertiary/aromatic N) is 3. The molecule has 2 fully saturated rings. The standard InChI is InChI=1S/C23H29N3O3S/c1-24(30(28,29)21-10-6-3-7-11-21)17-22(27)26-15-13-23(19-26)12-14-25(18-23)16-20-8-4-2-5-9-20/h2-11H,12-19H2,1H3. The summed E-state index contributed by atoms with van der Waals surface area (Å²) in [5.41, 5.74) is 1.45. The van der Waals surface area contributed by atoms with Gasteiger partial charge in [0.15, 0.2) is 0 Å². The zero-order chi connectivity index (χ0) is 21.2. The smallest absolute Gasteiger partial charge is 0.243 e. The second-order valence-corrected chi connectivity index (χ2v) is 10.6. The number of carbonyl (C=O) groups is 1. The molecule has 4 rings (SSSR count). The van der Waals surface area contributed by atoms with Crippen molar-refractivity contribution in [2.45, 2.75) is 24.3 Å².